The van der Waals surface area contributed by atoms with E-state index >= 15 is 0 Å². The van der Waals surface area contributed by atoms with Crippen LogP contribution in [0.25, 0.3) is 0 Å². The maximum absolute atomic E-state index is 10.8. The van der Waals surface area contributed by atoms with E-state index in [1.54, 1.807) is 7.11 Å². The van der Waals surface area contributed by atoms with E-state index in [9.17, 15) is 4.79 Å². The van der Waals surface area contributed by atoms with Crippen molar-refractivity contribution in [3.63, 3.8) is 0 Å². The molecule has 2 aromatic carbocycles. The second-order valence-corrected chi connectivity index (χ2v) is 4.46. The molecular formula is C17H18O3. The quantitative estimate of drug-likeness (QED) is 0.722. The molecule has 3 nitrogen and oxygen atoms in total. The number of benzene rings is 2. The summed E-state index contributed by atoms with van der Waals surface area (Å²) in [5, 5.41) is 0. The zero-order chi connectivity index (χ0) is 14.2. The second kappa shape index (κ2) is 7.46. The van der Waals surface area contributed by atoms with E-state index < -0.39 is 0 Å². The maximum Gasteiger partial charge on any atom is 0.122 e. The van der Waals surface area contributed by atoms with Crippen molar-refractivity contribution in [1.82, 2.24) is 0 Å². The van der Waals surface area contributed by atoms with E-state index in [0.717, 1.165) is 23.2 Å². The molecule has 0 N–H and O–H groups in total. The van der Waals surface area contributed by atoms with Crippen molar-refractivity contribution in [2.45, 2.75) is 19.1 Å². The van der Waals surface area contributed by atoms with Gasteiger partial charge in [0.1, 0.15) is 12.0 Å². The van der Waals surface area contributed by atoms with Crippen LogP contribution in [0.2, 0.25) is 0 Å². The highest BCUT2D eigenvalue weighted by Crippen LogP contribution is 2.22. The zero-order valence-electron chi connectivity index (χ0n) is 11.5. The van der Waals surface area contributed by atoms with Gasteiger partial charge in [0, 0.05) is 6.42 Å². The van der Waals surface area contributed by atoms with E-state index in [1.807, 2.05) is 54.6 Å². The summed E-state index contributed by atoms with van der Waals surface area (Å²) >= 11 is 0. The first-order chi connectivity index (χ1) is 9.83. The van der Waals surface area contributed by atoms with Crippen LogP contribution in [0.3, 0.4) is 0 Å². The average molecular weight is 270 g/mol. The molecular weight excluding hydrogens is 252 g/mol. The Labute approximate surface area is 119 Å². The SMILES string of the molecule is COc1ccc(CO[C@H](CC=O)c2ccccc2)cc1. The minimum Gasteiger partial charge on any atom is -0.497 e. The van der Waals surface area contributed by atoms with Crippen molar-refractivity contribution in [2.75, 3.05) is 7.11 Å². The molecule has 0 aliphatic carbocycles. The number of hydrogen-bond donors (Lipinski definition) is 0. The molecule has 0 bridgehead atoms. The molecule has 0 heterocycles. The highest BCUT2D eigenvalue weighted by atomic mass is 16.5. The Morgan fingerprint density at radius 2 is 1.75 bits per heavy atom. The summed E-state index contributed by atoms with van der Waals surface area (Å²) in [6.07, 6.45) is 1.06. The van der Waals surface area contributed by atoms with Crippen molar-refractivity contribution in [1.29, 1.82) is 0 Å². The molecule has 0 fully saturated rings. The van der Waals surface area contributed by atoms with Gasteiger partial charge in [0.15, 0.2) is 0 Å². The predicted octanol–water partition coefficient (Wildman–Crippen LogP) is 3.54. The Morgan fingerprint density at radius 1 is 1.05 bits per heavy atom. The van der Waals surface area contributed by atoms with E-state index in [1.165, 1.54) is 0 Å². The number of hydrogen-bond acceptors (Lipinski definition) is 3. The van der Waals surface area contributed by atoms with Gasteiger partial charge in [-0.05, 0) is 23.3 Å². The lowest BCUT2D eigenvalue weighted by Crippen LogP contribution is -2.05. The molecule has 1 atom stereocenters. The molecule has 0 spiro atoms. The Bertz CT molecular complexity index is 520. The van der Waals surface area contributed by atoms with Crippen LogP contribution in [0.5, 0.6) is 5.75 Å². The van der Waals surface area contributed by atoms with Gasteiger partial charge in [-0.15, -0.1) is 0 Å². The average Bonchev–Trinajstić information content (AvgIpc) is 2.53. The molecule has 3 heteroatoms. The number of rotatable bonds is 7. The lowest BCUT2D eigenvalue weighted by Gasteiger charge is -2.16. The Hall–Kier alpha value is -2.13. The van der Waals surface area contributed by atoms with Gasteiger partial charge >= 0.3 is 0 Å². The Morgan fingerprint density at radius 3 is 2.35 bits per heavy atom. The molecule has 0 aliphatic heterocycles. The molecule has 104 valence electrons. The Balaban J connectivity index is 1.99. The lowest BCUT2D eigenvalue weighted by molar-refractivity contribution is -0.110. The molecule has 2 rings (SSSR count). The van der Waals surface area contributed by atoms with Crippen LogP contribution in [0.1, 0.15) is 23.7 Å². The summed E-state index contributed by atoms with van der Waals surface area (Å²) in [7, 11) is 1.64. The number of methoxy groups -OCH3 is 1. The zero-order valence-corrected chi connectivity index (χ0v) is 11.5. The summed E-state index contributed by atoms with van der Waals surface area (Å²) < 4.78 is 11.0. The molecule has 2 aromatic rings. The highest BCUT2D eigenvalue weighted by molar-refractivity contribution is 5.51. The van der Waals surface area contributed by atoms with Crippen molar-refractivity contribution in [2.24, 2.45) is 0 Å². The second-order valence-electron chi connectivity index (χ2n) is 4.46. The van der Waals surface area contributed by atoms with Gasteiger partial charge < -0.3 is 14.3 Å². The third kappa shape index (κ3) is 3.93. The van der Waals surface area contributed by atoms with E-state index in [0.29, 0.717) is 13.0 Å². The third-order valence-corrected chi connectivity index (χ3v) is 3.09. The van der Waals surface area contributed by atoms with Gasteiger partial charge in [-0.1, -0.05) is 42.5 Å². The largest absolute Gasteiger partial charge is 0.497 e. The lowest BCUT2D eigenvalue weighted by atomic mass is 10.1. The van der Waals surface area contributed by atoms with Crippen LogP contribution < -0.4 is 4.74 Å². The highest BCUT2D eigenvalue weighted by Gasteiger charge is 2.11. The smallest absolute Gasteiger partial charge is 0.122 e. The van der Waals surface area contributed by atoms with Crippen LogP contribution in [0, 0.1) is 0 Å². The van der Waals surface area contributed by atoms with Crippen molar-refractivity contribution in [3.8, 4) is 5.75 Å². The van der Waals surface area contributed by atoms with Gasteiger partial charge in [0.2, 0.25) is 0 Å². The minimum atomic E-state index is -0.198. The van der Waals surface area contributed by atoms with Gasteiger partial charge in [0.05, 0.1) is 19.8 Å². The van der Waals surface area contributed by atoms with Gasteiger partial charge in [-0.25, -0.2) is 0 Å². The van der Waals surface area contributed by atoms with Crippen LogP contribution >= 0.6 is 0 Å². The van der Waals surface area contributed by atoms with Gasteiger partial charge in [0.25, 0.3) is 0 Å². The maximum atomic E-state index is 10.8. The number of carbonyl (C=O) groups excluding carboxylic acids is 1. The van der Waals surface area contributed by atoms with Crippen molar-refractivity contribution >= 4 is 6.29 Å². The summed E-state index contributed by atoms with van der Waals surface area (Å²) in [6, 6.07) is 17.5. The fourth-order valence-electron chi connectivity index (χ4n) is 1.97. The first-order valence-corrected chi connectivity index (χ1v) is 6.56. The molecule has 0 saturated carbocycles. The fraction of sp³-hybridized carbons (Fsp3) is 0.235. The number of aldehydes is 1. The molecule has 0 aliphatic rings. The van der Waals surface area contributed by atoms with E-state index in [-0.39, 0.29) is 6.10 Å². The van der Waals surface area contributed by atoms with Crippen LogP contribution in [-0.4, -0.2) is 13.4 Å². The van der Waals surface area contributed by atoms with Gasteiger partial charge in [-0.3, -0.25) is 0 Å². The Kier molecular flexibility index (Phi) is 5.33. The fourth-order valence-corrected chi connectivity index (χ4v) is 1.97. The summed E-state index contributed by atoms with van der Waals surface area (Å²) in [4.78, 5) is 10.8. The molecule has 0 saturated heterocycles. The van der Waals surface area contributed by atoms with Crippen molar-refractivity contribution < 1.29 is 14.3 Å². The van der Waals surface area contributed by atoms with Crippen molar-refractivity contribution in [3.05, 3.63) is 65.7 Å². The molecule has 0 amide bonds. The molecule has 0 aromatic heterocycles. The minimum absolute atomic E-state index is 0.198. The number of ether oxygens (including phenoxy) is 2. The summed E-state index contributed by atoms with van der Waals surface area (Å²) in [5.74, 6) is 0.821. The number of carbonyl (C=O) groups is 1. The monoisotopic (exact) mass is 270 g/mol. The van der Waals surface area contributed by atoms with Gasteiger partial charge in [-0.2, -0.15) is 0 Å². The topological polar surface area (TPSA) is 35.5 Å². The first-order valence-electron chi connectivity index (χ1n) is 6.56. The molecule has 20 heavy (non-hydrogen) atoms. The van der Waals surface area contributed by atoms with Crippen LogP contribution in [-0.2, 0) is 16.1 Å². The van der Waals surface area contributed by atoms with Crippen LogP contribution in [0.15, 0.2) is 54.6 Å². The van der Waals surface area contributed by atoms with E-state index in [2.05, 4.69) is 0 Å². The standard InChI is InChI=1S/C17H18O3/c1-19-16-9-7-14(8-10-16)13-20-17(11-12-18)15-5-3-2-4-6-15/h2-10,12,17H,11,13H2,1H3/t17-/m1/s1. The van der Waals surface area contributed by atoms with E-state index in [4.69, 9.17) is 9.47 Å². The summed E-state index contributed by atoms with van der Waals surface area (Å²) in [5.41, 5.74) is 2.07. The molecule has 0 radical (unpaired) electrons. The third-order valence-electron chi connectivity index (χ3n) is 3.09. The normalized spacial score (nSPS) is 11.8. The molecule has 0 unspecified atom stereocenters. The predicted molar refractivity (Wildman–Crippen MR) is 77.6 cm³/mol. The first kappa shape index (κ1) is 14.3. The van der Waals surface area contributed by atoms with Crippen LogP contribution in [0.4, 0.5) is 0 Å². The summed E-state index contributed by atoms with van der Waals surface area (Å²) in [6.45, 7) is 0.470.